The first kappa shape index (κ1) is 17.2. The number of hydrazone groups is 1. The maximum absolute atomic E-state index is 12.8. The van der Waals surface area contributed by atoms with Crippen LogP contribution >= 0.6 is 0 Å². The average molecular weight is 354 g/mol. The standard InChI is InChI=1S/C20H26N4O2/c21-20(26)18-12-15-8-4-5-9-17(15)23(18)13-19(25)24-11-10-16(22-24)14-6-2-1-3-7-14/h1-3,6-7,15,17-18H,4-5,8-13H2,(H2,21,26)/t15-,17+,18-/m0/s1. The van der Waals surface area contributed by atoms with E-state index in [9.17, 15) is 9.59 Å². The van der Waals surface area contributed by atoms with Gasteiger partial charge in [-0.15, -0.1) is 0 Å². The van der Waals surface area contributed by atoms with Crippen molar-refractivity contribution in [2.45, 2.75) is 50.6 Å². The molecule has 0 unspecified atom stereocenters. The summed E-state index contributed by atoms with van der Waals surface area (Å²) in [6, 6.07) is 9.96. The number of carbonyl (C=O) groups is 2. The fraction of sp³-hybridized carbons (Fsp3) is 0.550. The minimum absolute atomic E-state index is 0.0339. The summed E-state index contributed by atoms with van der Waals surface area (Å²) in [5.74, 6) is 0.159. The van der Waals surface area contributed by atoms with Crippen molar-refractivity contribution in [3.8, 4) is 0 Å². The van der Waals surface area contributed by atoms with Crippen LogP contribution in [0.3, 0.4) is 0 Å². The number of amides is 2. The van der Waals surface area contributed by atoms with E-state index in [4.69, 9.17) is 5.73 Å². The van der Waals surface area contributed by atoms with Crippen molar-refractivity contribution in [1.29, 1.82) is 0 Å². The molecule has 1 aliphatic carbocycles. The lowest BCUT2D eigenvalue weighted by atomic mass is 9.84. The fourth-order valence-corrected chi connectivity index (χ4v) is 4.77. The van der Waals surface area contributed by atoms with Gasteiger partial charge in [0, 0.05) is 12.5 Å². The number of likely N-dealkylation sites (tertiary alicyclic amines) is 1. The van der Waals surface area contributed by atoms with Crippen molar-refractivity contribution in [3.63, 3.8) is 0 Å². The molecule has 1 aromatic rings. The number of nitrogens with two attached hydrogens (primary N) is 1. The predicted octanol–water partition coefficient (Wildman–Crippen LogP) is 1.74. The highest BCUT2D eigenvalue weighted by Gasteiger charge is 2.45. The summed E-state index contributed by atoms with van der Waals surface area (Å²) in [5, 5.41) is 6.10. The molecule has 26 heavy (non-hydrogen) atoms. The number of primary amides is 1. The van der Waals surface area contributed by atoms with Crippen LogP contribution in [0.25, 0.3) is 0 Å². The molecule has 6 heteroatoms. The van der Waals surface area contributed by atoms with Gasteiger partial charge in [-0.05, 0) is 30.7 Å². The number of hydrogen-bond donors (Lipinski definition) is 1. The van der Waals surface area contributed by atoms with E-state index >= 15 is 0 Å². The van der Waals surface area contributed by atoms with Gasteiger partial charge < -0.3 is 5.73 Å². The number of carbonyl (C=O) groups excluding carboxylic acids is 2. The fourth-order valence-electron chi connectivity index (χ4n) is 4.77. The Kier molecular flexibility index (Phi) is 4.76. The lowest BCUT2D eigenvalue weighted by Gasteiger charge is -2.33. The van der Waals surface area contributed by atoms with E-state index in [0.717, 1.165) is 43.4 Å². The monoisotopic (exact) mass is 354 g/mol. The molecule has 0 bridgehead atoms. The zero-order valence-corrected chi connectivity index (χ0v) is 15.0. The van der Waals surface area contributed by atoms with Gasteiger partial charge in [0.1, 0.15) is 0 Å². The van der Waals surface area contributed by atoms with Crippen LogP contribution in [0, 0.1) is 5.92 Å². The number of hydrogen-bond acceptors (Lipinski definition) is 4. The molecule has 4 rings (SSSR count). The van der Waals surface area contributed by atoms with Crippen molar-refractivity contribution in [1.82, 2.24) is 9.91 Å². The Labute approximate surface area is 154 Å². The molecule has 6 nitrogen and oxygen atoms in total. The van der Waals surface area contributed by atoms with Gasteiger partial charge in [-0.25, -0.2) is 5.01 Å². The Morgan fingerprint density at radius 1 is 1.15 bits per heavy atom. The summed E-state index contributed by atoms with van der Waals surface area (Å²) in [6.45, 7) is 0.840. The van der Waals surface area contributed by atoms with Gasteiger partial charge in [-0.3, -0.25) is 14.5 Å². The second kappa shape index (κ2) is 7.19. The third-order valence-electron chi connectivity index (χ3n) is 6.06. The smallest absolute Gasteiger partial charge is 0.256 e. The van der Waals surface area contributed by atoms with Crippen LogP contribution < -0.4 is 5.73 Å². The SMILES string of the molecule is NC(=O)[C@@H]1C[C@@H]2CCCC[C@H]2N1CC(=O)N1CCC(c2ccccc2)=N1. The highest BCUT2D eigenvalue weighted by Crippen LogP contribution is 2.39. The number of benzene rings is 1. The molecule has 3 aliphatic rings. The highest BCUT2D eigenvalue weighted by molar-refractivity contribution is 6.02. The van der Waals surface area contributed by atoms with Gasteiger partial charge >= 0.3 is 0 Å². The summed E-state index contributed by atoms with van der Waals surface area (Å²) in [6.07, 6.45) is 6.13. The van der Waals surface area contributed by atoms with Crippen LogP contribution in [0.1, 0.15) is 44.1 Å². The Hall–Kier alpha value is -2.21. The van der Waals surface area contributed by atoms with E-state index in [1.54, 1.807) is 5.01 Å². The van der Waals surface area contributed by atoms with Crippen LogP contribution in [0.2, 0.25) is 0 Å². The second-order valence-corrected chi connectivity index (χ2v) is 7.62. The summed E-state index contributed by atoms with van der Waals surface area (Å²) in [5.41, 5.74) is 7.64. The van der Waals surface area contributed by atoms with Gasteiger partial charge in [0.15, 0.2) is 0 Å². The molecule has 1 saturated carbocycles. The summed E-state index contributed by atoms with van der Waals surface area (Å²) in [4.78, 5) is 26.8. The van der Waals surface area contributed by atoms with Crippen molar-refractivity contribution < 1.29 is 9.59 Å². The molecule has 0 aromatic heterocycles. The first-order chi connectivity index (χ1) is 12.6. The highest BCUT2D eigenvalue weighted by atomic mass is 16.2. The molecule has 3 atom stereocenters. The van der Waals surface area contributed by atoms with E-state index < -0.39 is 0 Å². The van der Waals surface area contributed by atoms with Gasteiger partial charge in [0.2, 0.25) is 5.91 Å². The second-order valence-electron chi connectivity index (χ2n) is 7.62. The lowest BCUT2D eigenvalue weighted by molar-refractivity contribution is -0.134. The number of fused-ring (bicyclic) bond motifs is 1. The average Bonchev–Trinajstić information content (AvgIpc) is 3.28. The minimum Gasteiger partial charge on any atom is -0.368 e. The molecule has 2 amide bonds. The van der Waals surface area contributed by atoms with Crippen LogP contribution in [0.15, 0.2) is 35.4 Å². The summed E-state index contributed by atoms with van der Waals surface area (Å²) < 4.78 is 0. The third kappa shape index (κ3) is 3.26. The van der Waals surface area contributed by atoms with Crippen molar-refractivity contribution >= 4 is 17.5 Å². The molecule has 0 spiro atoms. The van der Waals surface area contributed by atoms with Crippen molar-refractivity contribution in [2.24, 2.45) is 16.8 Å². The number of nitrogens with zero attached hydrogens (tertiary/aromatic N) is 3. The van der Waals surface area contributed by atoms with Gasteiger partial charge in [0.25, 0.3) is 5.91 Å². The molecule has 0 radical (unpaired) electrons. The molecule has 1 saturated heterocycles. The molecule has 138 valence electrons. The van der Waals surface area contributed by atoms with E-state index in [1.165, 1.54) is 6.42 Å². The maximum Gasteiger partial charge on any atom is 0.256 e. The number of rotatable bonds is 4. The van der Waals surface area contributed by atoms with E-state index in [-0.39, 0.29) is 24.4 Å². The van der Waals surface area contributed by atoms with Crippen LogP contribution in [-0.4, -0.2) is 52.6 Å². The van der Waals surface area contributed by atoms with Gasteiger partial charge in [0.05, 0.1) is 24.8 Å². The van der Waals surface area contributed by atoms with Gasteiger partial charge in [-0.1, -0.05) is 43.2 Å². The van der Waals surface area contributed by atoms with Gasteiger partial charge in [-0.2, -0.15) is 5.10 Å². The molecular formula is C20H26N4O2. The van der Waals surface area contributed by atoms with E-state index in [2.05, 4.69) is 10.0 Å². The quantitative estimate of drug-likeness (QED) is 0.894. The van der Waals surface area contributed by atoms with Crippen molar-refractivity contribution in [2.75, 3.05) is 13.1 Å². The van der Waals surface area contributed by atoms with Crippen molar-refractivity contribution in [3.05, 3.63) is 35.9 Å². The molecule has 1 aromatic carbocycles. The summed E-state index contributed by atoms with van der Waals surface area (Å²) >= 11 is 0. The predicted molar refractivity (Wildman–Crippen MR) is 99.4 cm³/mol. The van der Waals surface area contributed by atoms with Crippen LogP contribution in [-0.2, 0) is 9.59 Å². The van der Waals surface area contributed by atoms with E-state index in [0.29, 0.717) is 18.5 Å². The Bertz CT molecular complexity index is 718. The minimum atomic E-state index is -0.313. The lowest BCUT2D eigenvalue weighted by Crippen LogP contribution is -2.49. The first-order valence-corrected chi connectivity index (χ1v) is 9.62. The molecular weight excluding hydrogens is 328 g/mol. The topological polar surface area (TPSA) is 79.0 Å². The van der Waals surface area contributed by atoms with E-state index in [1.807, 2.05) is 30.3 Å². The Morgan fingerprint density at radius 2 is 1.92 bits per heavy atom. The zero-order chi connectivity index (χ0) is 18.1. The zero-order valence-electron chi connectivity index (χ0n) is 15.0. The third-order valence-corrected chi connectivity index (χ3v) is 6.06. The van der Waals surface area contributed by atoms with Crippen LogP contribution in [0.4, 0.5) is 0 Å². The molecule has 2 N–H and O–H groups in total. The maximum atomic E-state index is 12.8. The first-order valence-electron chi connectivity index (χ1n) is 9.62. The largest absolute Gasteiger partial charge is 0.368 e. The molecule has 2 fully saturated rings. The molecule has 2 heterocycles. The normalized spacial score (nSPS) is 28.7. The van der Waals surface area contributed by atoms with Crippen LogP contribution in [0.5, 0.6) is 0 Å². The molecule has 2 aliphatic heterocycles. The Morgan fingerprint density at radius 3 is 2.69 bits per heavy atom. The Balaban J connectivity index is 1.47. The summed E-state index contributed by atoms with van der Waals surface area (Å²) in [7, 11) is 0.